The highest BCUT2D eigenvalue weighted by molar-refractivity contribution is 6.24. The van der Waals surface area contributed by atoms with Gasteiger partial charge in [-0.1, -0.05) is 133 Å². The quantitative estimate of drug-likeness (QED) is 0.191. The predicted octanol–water partition coefficient (Wildman–Crippen LogP) is 13.2. The van der Waals surface area contributed by atoms with E-state index in [-0.39, 0.29) is 0 Å². The monoisotopic (exact) mass is 733 g/mol. The number of furan rings is 3. The van der Waals surface area contributed by atoms with E-state index in [1.54, 1.807) is 0 Å². The first-order valence-corrected chi connectivity index (χ1v) is 19.1. The minimum atomic E-state index is -0.434. The first-order chi connectivity index (χ1) is 28.2. The maximum absolute atomic E-state index is 6.78. The van der Waals surface area contributed by atoms with Crippen molar-refractivity contribution in [3.05, 3.63) is 193 Å². The van der Waals surface area contributed by atoms with E-state index in [0.717, 1.165) is 105 Å². The molecule has 0 saturated heterocycles. The number of rotatable bonds is 5. The van der Waals surface area contributed by atoms with E-state index in [0.29, 0.717) is 11.7 Å². The van der Waals surface area contributed by atoms with Crippen LogP contribution in [0.3, 0.4) is 0 Å². The summed E-state index contributed by atoms with van der Waals surface area (Å²) in [4.78, 5) is 10.6. The van der Waals surface area contributed by atoms with E-state index in [1.807, 2.05) is 60.7 Å². The van der Waals surface area contributed by atoms with E-state index >= 15 is 0 Å². The number of nitrogens with zero attached hydrogens (tertiary/aromatic N) is 2. The molecule has 1 atom stereocenters. The van der Waals surface area contributed by atoms with Gasteiger partial charge < -0.3 is 18.6 Å². The first-order valence-electron chi connectivity index (χ1n) is 19.1. The topological polar surface area (TPSA) is 76.2 Å². The van der Waals surface area contributed by atoms with Crippen LogP contribution in [0.5, 0.6) is 0 Å². The third-order valence-electron chi connectivity index (χ3n) is 11.2. The molecule has 1 aliphatic heterocycles. The molecular weight excluding hydrogens is 703 g/mol. The predicted molar refractivity (Wildman–Crippen MR) is 231 cm³/mol. The van der Waals surface area contributed by atoms with Crippen molar-refractivity contribution in [3.8, 4) is 22.3 Å². The molecule has 0 bridgehead atoms. The van der Waals surface area contributed by atoms with Gasteiger partial charge in [-0.2, -0.15) is 0 Å². The minimum Gasteiger partial charge on any atom is -0.456 e. The zero-order valence-electron chi connectivity index (χ0n) is 30.4. The molecule has 8 aromatic carbocycles. The fourth-order valence-corrected chi connectivity index (χ4v) is 8.48. The van der Waals surface area contributed by atoms with Gasteiger partial charge in [-0.05, 0) is 64.7 Å². The number of hydrogen-bond acceptors (Lipinski definition) is 6. The van der Waals surface area contributed by atoms with Crippen molar-refractivity contribution >= 4 is 77.5 Å². The molecule has 6 nitrogen and oxygen atoms in total. The molecule has 0 saturated carbocycles. The number of aliphatic imine (C=N–C) groups is 2. The zero-order chi connectivity index (χ0) is 37.5. The number of nitrogens with one attached hydrogen (secondary N) is 1. The summed E-state index contributed by atoms with van der Waals surface area (Å²) in [5, 5.41) is 9.99. The van der Waals surface area contributed by atoms with E-state index < -0.39 is 6.17 Å². The number of para-hydroxylation sites is 4. The van der Waals surface area contributed by atoms with Crippen LogP contribution < -0.4 is 5.32 Å². The normalized spacial score (nSPS) is 14.5. The zero-order valence-corrected chi connectivity index (χ0v) is 30.4. The van der Waals surface area contributed by atoms with Crippen molar-refractivity contribution in [3.63, 3.8) is 0 Å². The Kier molecular flexibility index (Phi) is 6.89. The van der Waals surface area contributed by atoms with Crippen LogP contribution >= 0.6 is 0 Å². The molecule has 0 spiro atoms. The number of amidine groups is 2. The van der Waals surface area contributed by atoms with Crippen LogP contribution in [0.15, 0.2) is 199 Å². The molecule has 0 aliphatic carbocycles. The van der Waals surface area contributed by atoms with Crippen molar-refractivity contribution < 1.29 is 13.3 Å². The molecule has 0 amide bonds. The molecule has 12 rings (SSSR count). The molecule has 0 radical (unpaired) electrons. The van der Waals surface area contributed by atoms with Gasteiger partial charge in [0, 0.05) is 43.4 Å². The van der Waals surface area contributed by atoms with Crippen molar-refractivity contribution in [1.29, 1.82) is 0 Å². The summed E-state index contributed by atoms with van der Waals surface area (Å²) in [6.07, 6.45) is -0.434. The second-order valence-corrected chi connectivity index (χ2v) is 14.5. The third kappa shape index (κ3) is 5.04. The van der Waals surface area contributed by atoms with Gasteiger partial charge in [0.05, 0.1) is 5.56 Å². The van der Waals surface area contributed by atoms with Gasteiger partial charge in [-0.15, -0.1) is 0 Å². The van der Waals surface area contributed by atoms with Gasteiger partial charge >= 0.3 is 0 Å². The first kappa shape index (κ1) is 31.6. The van der Waals surface area contributed by atoms with Crippen LogP contribution in [-0.4, -0.2) is 11.7 Å². The Morgan fingerprint density at radius 1 is 0.404 bits per heavy atom. The number of hydrogen-bond donors (Lipinski definition) is 1. The molecule has 1 unspecified atom stereocenters. The maximum Gasteiger partial charge on any atom is 0.163 e. The fraction of sp³-hybridized carbons (Fsp3) is 0.0196. The number of fused-ring (bicyclic) bond motifs is 9. The lowest BCUT2D eigenvalue weighted by Crippen LogP contribution is -2.33. The van der Waals surface area contributed by atoms with Crippen molar-refractivity contribution in [1.82, 2.24) is 5.32 Å². The SMILES string of the molecule is c1ccc(-c2cccc(C3N=C(c4cccc5c4oc4ccccc45)N=C(c4cccc5oc6c(-c7ccc8oc9ccccc9c8c7)cccc6c45)N3)c2)cc1. The molecule has 1 aliphatic rings. The Morgan fingerprint density at radius 3 is 1.89 bits per heavy atom. The summed E-state index contributed by atoms with van der Waals surface area (Å²) in [6, 6.07) is 60.4. The average Bonchev–Trinajstić information content (AvgIpc) is 3.98. The molecule has 1 N–H and O–H groups in total. The Morgan fingerprint density at radius 2 is 1.02 bits per heavy atom. The van der Waals surface area contributed by atoms with Crippen LogP contribution in [0.1, 0.15) is 22.9 Å². The van der Waals surface area contributed by atoms with E-state index in [4.69, 9.17) is 23.2 Å². The second kappa shape index (κ2) is 12.4. The Hall–Kier alpha value is -7.70. The molecule has 11 aromatic rings. The standard InChI is InChI=1S/C51H31N3O3/c1-2-12-30(13-3-1)31-14-8-15-33(28-31)49-52-50(54-51(53-49)40-22-10-19-37-35-16-4-7-24-43(35)56-48(37)40)39-21-11-25-45-46(39)38-20-9-18-34(47(38)57-45)32-26-27-44-41(29-32)36-17-5-6-23-42(36)55-44/h1-29,49H,(H,52,53,54). The summed E-state index contributed by atoms with van der Waals surface area (Å²) in [5.74, 6) is 1.29. The maximum atomic E-state index is 6.78. The second-order valence-electron chi connectivity index (χ2n) is 14.5. The smallest absolute Gasteiger partial charge is 0.163 e. The Bertz CT molecular complexity index is 3460. The van der Waals surface area contributed by atoms with Gasteiger partial charge in [-0.3, -0.25) is 0 Å². The largest absolute Gasteiger partial charge is 0.456 e. The molecule has 3 aromatic heterocycles. The summed E-state index contributed by atoms with van der Waals surface area (Å²) >= 11 is 0. The average molecular weight is 734 g/mol. The highest BCUT2D eigenvalue weighted by Crippen LogP contribution is 2.40. The molecular formula is C51H31N3O3. The van der Waals surface area contributed by atoms with Crippen LogP contribution in [0.4, 0.5) is 0 Å². The van der Waals surface area contributed by atoms with Gasteiger partial charge in [0.1, 0.15) is 45.5 Å². The fourth-order valence-electron chi connectivity index (χ4n) is 8.48. The van der Waals surface area contributed by atoms with Gasteiger partial charge in [-0.25, -0.2) is 9.98 Å². The Balaban J connectivity index is 1.04. The van der Waals surface area contributed by atoms with Gasteiger partial charge in [0.25, 0.3) is 0 Å². The highest BCUT2D eigenvalue weighted by atomic mass is 16.3. The lowest BCUT2D eigenvalue weighted by atomic mass is 9.98. The van der Waals surface area contributed by atoms with Crippen LogP contribution in [0.25, 0.3) is 88.1 Å². The van der Waals surface area contributed by atoms with Crippen molar-refractivity contribution in [2.75, 3.05) is 0 Å². The molecule has 268 valence electrons. The van der Waals surface area contributed by atoms with Crippen molar-refractivity contribution in [2.45, 2.75) is 6.17 Å². The van der Waals surface area contributed by atoms with Crippen LogP contribution in [0, 0.1) is 0 Å². The Labute approximate surface area is 326 Å². The molecule has 4 heterocycles. The summed E-state index contributed by atoms with van der Waals surface area (Å²) in [6.45, 7) is 0. The third-order valence-corrected chi connectivity index (χ3v) is 11.2. The highest BCUT2D eigenvalue weighted by Gasteiger charge is 2.26. The van der Waals surface area contributed by atoms with Crippen molar-refractivity contribution in [2.24, 2.45) is 9.98 Å². The summed E-state index contributed by atoms with van der Waals surface area (Å²) in [7, 11) is 0. The van der Waals surface area contributed by atoms with E-state index in [2.05, 4.69) is 121 Å². The lowest BCUT2D eigenvalue weighted by molar-refractivity contribution is 0.663. The molecule has 6 heteroatoms. The van der Waals surface area contributed by atoms with E-state index in [1.165, 1.54) is 0 Å². The van der Waals surface area contributed by atoms with Gasteiger partial charge in [0.2, 0.25) is 0 Å². The molecule has 57 heavy (non-hydrogen) atoms. The van der Waals surface area contributed by atoms with Crippen LogP contribution in [-0.2, 0) is 0 Å². The minimum absolute atomic E-state index is 0.434. The lowest BCUT2D eigenvalue weighted by Gasteiger charge is -2.24. The summed E-state index contributed by atoms with van der Waals surface area (Å²) < 4.78 is 19.4. The number of benzene rings is 8. The summed E-state index contributed by atoms with van der Waals surface area (Å²) in [5.41, 5.74) is 12.0. The van der Waals surface area contributed by atoms with E-state index in [9.17, 15) is 0 Å². The van der Waals surface area contributed by atoms with Gasteiger partial charge in [0.15, 0.2) is 5.84 Å². The molecule has 0 fully saturated rings. The van der Waals surface area contributed by atoms with Crippen LogP contribution in [0.2, 0.25) is 0 Å².